The van der Waals surface area contributed by atoms with Gasteiger partial charge in [-0.05, 0) is 57.2 Å². The summed E-state index contributed by atoms with van der Waals surface area (Å²) in [5.41, 5.74) is 0.481. The van der Waals surface area contributed by atoms with Crippen LogP contribution in [0.2, 0.25) is 0 Å². The van der Waals surface area contributed by atoms with E-state index in [1.807, 2.05) is 0 Å². The quantitative estimate of drug-likeness (QED) is 0.449. The Morgan fingerprint density at radius 3 is 2.17 bits per heavy atom. The van der Waals surface area contributed by atoms with E-state index < -0.39 is 74.9 Å². The lowest BCUT2D eigenvalue weighted by molar-refractivity contribution is -0.134. The van der Waals surface area contributed by atoms with E-state index in [0.29, 0.717) is 16.4 Å². The first-order valence-electron chi connectivity index (χ1n) is 10.6. The predicted octanol–water partition coefficient (Wildman–Crippen LogP) is 3.01. The molecule has 0 aliphatic carbocycles. The van der Waals surface area contributed by atoms with Gasteiger partial charge in [0.1, 0.15) is 23.2 Å². The second-order valence-electron chi connectivity index (χ2n) is 8.81. The monoisotopic (exact) mass is 531 g/mol. The number of carbonyl (C=O) groups excluding carboxylic acids is 2. The van der Waals surface area contributed by atoms with Crippen molar-refractivity contribution < 1.29 is 45.9 Å². The number of hydrogen-bond acceptors (Lipinski definition) is 7. The zero-order valence-electron chi connectivity index (χ0n) is 19.5. The number of ether oxygens (including phenoxy) is 2. The summed E-state index contributed by atoms with van der Waals surface area (Å²) < 4.78 is 79.9. The van der Waals surface area contributed by atoms with Crippen molar-refractivity contribution in [1.29, 1.82) is 0 Å². The largest absolute Gasteiger partial charge is 0.451 e. The van der Waals surface area contributed by atoms with Gasteiger partial charge in [-0.1, -0.05) is 0 Å². The molecule has 1 aliphatic rings. The number of sulfonamides is 1. The van der Waals surface area contributed by atoms with Crippen LogP contribution in [0.4, 0.5) is 18.0 Å². The van der Waals surface area contributed by atoms with Gasteiger partial charge in [-0.2, -0.15) is 4.31 Å². The minimum Gasteiger partial charge on any atom is -0.451 e. The number of hydrogen-bond donors (Lipinski definition) is 2. The number of benzene rings is 2. The van der Waals surface area contributed by atoms with E-state index in [1.165, 1.54) is 5.48 Å². The Balaban J connectivity index is 1.89. The van der Waals surface area contributed by atoms with E-state index in [1.54, 1.807) is 20.8 Å². The zero-order chi connectivity index (χ0) is 26.8. The second-order valence-corrected chi connectivity index (χ2v) is 10.7. The molecule has 2 amide bonds. The van der Waals surface area contributed by atoms with Gasteiger partial charge in [-0.3, -0.25) is 10.0 Å². The Kier molecular flexibility index (Phi) is 7.81. The number of nitrogens with zero attached hydrogens (tertiary/aromatic N) is 2. The number of carbonyl (C=O) groups is 2. The van der Waals surface area contributed by atoms with Gasteiger partial charge >= 0.3 is 6.09 Å². The summed E-state index contributed by atoms with van der Waals surface area (Å²) in [7, 11) is -4.69. The van der Waals surface area contributed by atoms with Crippen LogP contribution in [0.3, 0.4) is 0 Å². The van der Waals surface area contributed by atoms with Crippen LogP contribution < -0.4 is 10.2 Å². The van der Waals surface area contributed by atoms with Crippen molar-refractivity contribution in [2.45, 2.75) is 37.3 Å². The van der Waals surface area contributed by atoms with E-state index in [4.69, 9.17) is 14.7 Å². The molecule has 0 bridgehead atoms. The van der Waals surface area contributed by atoms with Crippen molar-refractivity contribution in [2.24, 2.45) is 0 Å². The predicted molar refractivity (Wildman–Crippen MR) is 118 cm³/mol. The van der Waals surface area contributed by atoms with E-state index in [-0.39, 0.29) is 12.3 Å². The summed E-state index contributed by atoms with van der Waals surface area (Å²) >= 11 is 0. The fourth-order valence-electron chi connectivity index (χ4n) is 3.37. The van der Waals surface area contributed by atoms with Gasteiger partial charge in [0.15, 0.2) is 17.4 Å². The maximum Gasteiger partial charge on any atom is 0.410 e. The van der Waals surface area contributed by atoms with Gasteiger partial charge < -0.3 is 14.4 Å². The highest BCUT2D eigenvalue weighted by Crippen LogP contribution is 2.32. The lowest BCUT2D eigenvalue weighted by Crippen LogP contribution is -2.61. The molecule has 2 N–H and O–H groups in total. The Hall–Kier alpha value is -3.36. The van der Waals surface area contributed by atoms with E-state index in [2.05, 4.69) is 0 Å². The molecular weight excluding hydrogens is 507 g/mol. The summed E-state index contributed by atoms with van der Waals surface area (Å²) in [6, 6.07) is 3.65. The van der Waals surface area contributed by atoms with Crippen molar-refractivity contribution in [2.75, 3.05) is 19.6 Å². The van der Waals surface area contributed by atoms with E-state index >= 15 is 0 Å². The number of nitrogens with one attached hydrogen (secondary N) is 1. The first kappa shape index (κ1) is 27.2. The lowest BCUT2D eigenvalue weighted by Gasteiger charge is -2.39. The van der Waals surface area contributed by atoms with Crippen LogP contribution in [0.15, 0.2) is 41.3 Å². The molecule has 2 aromatic rings. The van der Waals surface area contributed by atoms with Crippen LogP contribution in [0.25, 0.3) is 0 Å². The molecular formula is C22H24F3N3O7S. The minimum absolute atomic E-state index is 0.0947. The minimum atomic E-state index is -4.69. The van der Waals surface area contributed by atoms with Crippen LogP contribution in [0.1, 0.15) is 20.8 Å². The maximum atomic E-state index is 14.7. The van der Waals surface area contributed by atoms with E-state index in [0.717, 1.165) is 29.2 Å². The first-order chi connectivity index (χ1) is 16.7. The third-order valence-corrected chi connectivity index (χ3v) is 6.89. The van der Waals surface area contributed by atoms with E-state index in [9.17, 15) is 31.2 Å². The first-order valence-corrected chi connectivity index (χ1v) is 12.0. The summed E-state index contributed by atoms with van der Waals surface area (Å²) in [5.74, 6) is -5.51. The molecule has 36 heavy (non-hydrogen) atoms. The SMILES string of the molecule is CC(C)(C)OC(=O)N1CCN(S(=O)(=O)c2cc(F)c(Oc3ccc(F)cc3)c(F)c2)[C@@H](C(=O)NO)C1. The highest BCUT2D eigenvalue weighted by molar-refractivity contribution is 7.89. The Morgan fingerprint density at radius 1 is 1.06 bits per heavy atom. The molecule has 0 radical (unpaired) electrons. The molecule has 1 saturated heterocycles. The highest BCUT2D eigenvalue weighted by Gasteiger charge is 2.42. The number of amides is 2. The molecule has 1 atom stereocenters. The van der Waals surface area contributed by atoms with Crippen LogP contribution in [0, 0.1) is 17.5 Å². The number of halogens is 3. The van der Waals surface area contributed by atoms with Crippen LogP contribution in [-0.2, 0) is 19.6 Å². The van der Waals surface area contributed by atoms with Crippen molar-refractivity contribution >= 4 is 22.0 Å². The van der Waals surface area contributed by atoms with Gasteiger partial charge in [-0.25, -0.2) is 31.9 Å². The van der Waals surface area contributed by atoms with Gasteiger partial charge in [0.05, 0.1) is 4.90 Å². The van der Waals surface area contributed by atoms with Crippen LogP contribution in [0.5, 0.6) is 11.5 Å². The van der Waals surface area contributed by atoms with Crippen molar-refractivity contribution in [1.82, 2.24) is 14.7 Å². The molecule has 1 fully saturated rings. The molecule has 196 valence electrons. The van der Waals surface area contributed by atoms with Gasteiger partial charge in [-0.15, -0.1) is 0 Å². The number of piperazine rings is 1. The molecule has 14 heteroatoms. The van der Waals surface area contributed by atoms with Crippen LogP contribution >= 0.6 is 0 Å². The molecule has 1 heterocycles. The van der Waals surface area contributed by atoms with Crippen LogP contribution in [-0.4, -0.2) is 66.1 Å². The Morgan fingerprint density at radius 2 is 1.64 bits per heavy atom. The molecule has 2 aromatic carbocycles. The fourth-order valence-corrected chi connectivity index (χ4v) is 4.97. The molecule has 0 unspecified atom stereocenters. The summed E-state index contributed by atoms with van der Waals surface area (Å²) in [4.78, 5) is 24.9. The van der Waals surface area contributed by atoms with Crippen molar-refractivity contribution in [3.63, 3.8) is 0 Å². The van der Waals surface area contributed by atoms with Gasteiger partial charge in [0, 0.05) is 19.6 Å². The zero-order valence-corrected chi connectivity index (χ0v) is 20.3. The topological polar surface area (TPSA) is 125 Å². The number of rotatable bonds is 5. The third kappa shape index (κ3) is 6.06. The normalized spacial score (nSPS) is 17.0. The summed E-state index contributed by atoms with van der Waals surface area (Å²) in [6.07, 6.45) is -0.810. The standard InChI is InChI=1S/C22H24F3N3O7S/c1-22(2,3)35-21(30)27-8-9-28(18(12-27)20(29)26-31)36(32,33)15-10-16(24)19(17(25)11-15)34-14-6-4-13(23)5-7-14/h4-7,10-11,18,31H,8-9,12H2,1-3H3,(H,26,29)/t18-/m1/s1. The highest BCUT2D eigenvalue weighted by atomic mass is 32.2. The van der Waals surface area contributed by atoms with Crippen molar-refractivity contribution in [3.05, 3.63) is 53.8 Å². The molecule has 0 aromatic heterocycles. The summed E-state index contributed by atoms with van der Waals surface area (Å²) in [5, 5.41) is 9.12. The molecule has 0 spiro atoms. The van der Waals surface area contributed by atoms with Gasteiger partial charge in [0.25, 0.3) is 5.91 Å². The average molecular weight is 532 g/mol. The molecule has 3 rings (SSSR count). The average Bonchev–Trinajstić information content (AvgIpc) is 2.80. The number of hydroxylamine groups is 1. The Labute approximate surface area is 205 Å². The maximum absolute atomic E-state index is 14.7. The third-order valence-electron chi connectivity index (χ3n) is 5.01. The van der Waals surface area contributed by atoms with Crippen molar-refractivity contribution in [3.8, 4) is 11.5 Å². The second kappa shape index (κ2) is 10.3. The Bertz CT molecular complexity index is 1230. The molecule has 10 nitrogen and oxygen atoms in total. The smallest absolute Gasteiger partial charge is 0.410 e. The molecule has 1 aliphatic heterocycles. The summed E-state index contributed by atoms with van der Waals surface area (Å²) in [6.45, 7) is 3.75. The van der Waals surface area contributed by atoms with Gasteiger partial charge in [0.2, 0.25) is 10.0 Å². The molecule has 0 saturated carbocycles. The fraction of sp³-hybridized carbons (Fsp3) is 0.364. The lowest BCUT2D eigenvalue weighted by atomic mass is 10.2.